The van der Waals surface area contributed by atoms with Gasteiger partial charge in [0.25, 0.3) is 10.1 Å². The molecule has 142 valence electrons. The number of rotatable bonds is 6. The second-order valence-corrected chi connectivity index (χ2v) is 8.11. The molecule has 0 unspecified atom stereocenters. The Balaban J connectivity index is 1.76. The number of hydrogen-bond donors (Lipinski definition) is 1. The molecule has 1 aromatic heterocycles. The Morgan fingerprint density at radius 3 is 2.39 bits per heavy atom. The largest absolute Gasteiger partial charge is 0.494 e. The molecule has 0 amide bonds. The average Bonchev–Trinajstić information content (AvgIpc) is 2.70. The smallest absolute Gasteiger partial charge is 0.264 e. The SMILES string of the molecule is O=S(=O)(O)CCCOc1ccc2c(-c3ccccc3)nc3ccccc3c2c1. The highest BCUT2D eigenvalue weighted by atomic mass is 32.2. The minimum Gasteiger partial charge on any atom is -0.494 e. The number of para-hydroxylation sites is 1. The van der Waals surface area contributed by atoms with E-state index < -0.39 is 10.1 Å². The van der Waals surface area contributed by atoms with Gasteiger partial charge in [0.2, 0.25) is 0 Å². The molecule has 6 heteroatoms. The second kappa shape index (κ2) is 7.58. The quantitative estimate of drug-likeness (QED) is 0.292. The number of fused-ring (bicyclic) bond motifs is 3. The minimum atomic E-state index is -3.97. The van der Waals surface area contributed by atoms with E-state index in [0.717, 1.165) is 32.9 Å². The summed E-state index contributed by atoms with van der Waals surface area (Å²) >= 11 is 0. The van der Waals surface area contributed by atoms with Crippen LogP contribution < -0.4 is 4.74 Å². The maximum absolute atomic E-state index is 10.8. The van der Waals surface area contributed by atoms with Crippen molar-refractivity contribution in [2.24, 2.45) is 0 Å². The standard InChI is InChI=1S/C22H19NO4S/c24-28(25,26)14-6-13-27-17-11-12-19-20(15-17)18-9-4-5-10-21(18)23-22(19)16-7-2-1-3-8-16/h1-5,7-12,15H,6,13-14H2,(H,24,25,26). The Morgan fingerprint density at radius 1 is 0.857 bits per heavy atom. The fraction of sp³-hybridized carbons (Fsp3) is 0.136. The summed E-state index contributed by atoms with van der Waals surface area (Å²) in [5.74, 6) is 0.337. The van der Waals surface area contributed by atoms with Gasteiger partial charge >= 0.3 is 0 Å². The number of pyridine rings is 1. The summed E-state index contributed by atoms with van der Waals surface area (Å²) in [6.07, 6.45) is 0.225. The van der Waals surface area contributed by atoms with Crippen molar-refractivity contribution in [3.63, 3.8) is 0 Å². The fourth-order valence-corrected chi connectivity index (χ4v) is 3.75. The van der Waals surface area contributed by atoms with Gasteiger partial charge in [-0.15, -0.1) is 0 Å². The molecule has 0 aliphatic carbocycles. The first-order valence-electron chi connectivity index (χ1n) is 8.97. The van der Waals surface area contributed by atoms with Crippen LogP contribution in [0.25, 0.3) is 32.9 Å². The van der Waals surface area contributed by atoms with Crippen LogP contribution >= 0.6 is 0 Å². The molecule has 1 N–H and O–H groups in total. The molecule has 0 spiro atoms. The summed E-state index contributed by atoms with van der Waals surface area (Å²) in [4.78, 5) is 4.87. The Bertz CT molecular complexity index is 1240. The van der Waals surface area contributed by atoms with Crippen molar-refractivity contribution in [1.29, 1.82) is 0 Å². The Labute approximate surface area is 163 Å². The van der Waals surface area contributed by atoms with Gasteiger partial charge in [0, 0.05) is 16.3 Å². The van der Waals surface area contributed by atoms with Gasteiger partial charge in [0.1, 0.15) is 5.75 Å². The summed E-state index contributed by atoms with van der Waals surface area (Å²) in [5.41, 5.74) is 2.85. The van der Waals surface area contributed by atoms with Crippen molar-refractivity contribution in [3.05, 3.63) is 72.8 Å². The first kappa shape index (κ1) is 18.4. The van der Waals surface area contributed by atoms with E-state index in [4.69, 9.17) is 14.3 Å². The maximum Gasteiger partial charge on any atom is 0.264 e. The van der Waals surface area contributed by atoms with E-state index >= 15 is 0 Å². The van der Waals surface area contributed by atoms with Crippen LogP contribution in [0.3, 0.4) is 0 Å². The topological polar surface area (TPSA) is 76.5 Å². The molecule has 0 saturated carbocycles. The van der Waals surface area contributed by atoms with E-state index in [2.05, 4.69) is 0 Å². The van der Waals surface area contributed by atoms with E-state index in [-0.39, 0.29) is 18.8 Å². The fourth-order valence-electron chi connectivity index (χ4n) is 3.27. The summed E-state index contributed by atoms with van der Waals surface area (Å²) in [6.45, 7) is 0.208. The molecule has 0 aliphatic heterocycles. The van der Waals surface area contributed by atoms with Gasteiger partial charge in [0.15, 0.2) is 0 Å². The van der Waals surface area contributed by atoms with Crippen LogP contribution in [-0.4, -0.2) is 30.3 Å². The number of ether oxygens (including phenoxy) is 1. The normalized spacial score (nSPS) is 11.8. The van der Waals surface area contributed by atoms with Crippen LogP contribution in [-0.2, 0) is 10.1 Å². The summed E-state index contributed by atoms with van der Waals surface area (Å²) in [7, 11) is -3.97. The number of hydrogen-bond acceptors (Lipinski definition) is 4. The van der Waals surface area contributed by atoms with E-state index in [1.165, 1.54) is 0 Å². The lowest BCUT2D eigenvalue weighted by Crippen LogP contribution is -2.08. The lowest BCUT2D eigenvalue weighted by atomic mass is 10.00. The third-order valence-electron chi connectivity index (χ3n) is 4.54. The molecule has 0 aliphatic rings. The highest BCUT2D eigenvalue weighted by Gasteiger charge is 2.11. The molecule has 0 saturated heterocycles. The highest BCUT2D eigenvalue weighted by molar-refractivity contribution is 7.85. The average molecular weight is 393 g/mol. The van der Waals surface area contributed by atoms with Crippen LogP contribution in [0.15, 0.2) is 72.8 Å². The zero-order chi connectivity index (χ0) is 19.6. The molecule has 0 fully saturated rings. The van der Waals surface area contributed by atoms with Crippen molar-refractivity contribution in [2.45, 2.75) is 6.42 Å². The molecule has 0 radical (unpaired) electrons. The zero-order valence-electron chi connectivity index (χ0n) is 15.1. The van der Waals surface area contributed by atoms with Crippen molar-refractivity contribution >= 4 is 31.8 Å². The van der Waals surface area contributed by atoms with Gasteiger partial charge in [-0.05, 0) is 36.1 Å². The number of aromatic nitrogens is 1. The first-order valence-corrected chi connectivity index (χ1v) is 10.6. The Hall–Kier alpha value is -2.96. The number of benzene rings is 3. The van der Waals surface area contributed by atoms with Crippen molar-refractivity contribution in [3.8, 4) is 17.0 Å². The van der Waals surface area contributed by atoms with Gasteiger partial charge in [0.05, 0.1) is 23.6 Å². The van der Waals surface area contributed by atoms with Gasteiger partial charge in [-0.25, -0.2) is 4.98 Å². The second-order valence-electron chi connectivity index (χ2n) is 6.54. The molecular weight excluding hydrogens is 374 g/mol. The monoisotopic (exact) mass is 393 g/mol. The molecule has 1 heterocycles. The van der Waals surface area contributed by atoms with Crippen LogP contribution in [0.4, 0.5) is 0 Å². The van der Waals surface area contributed by atoms with E-state index in [1.807, 2.05) is 72.8 Å². The van der Waals surface area contributed by atoms with E-state index in [0.29, 0.717) is 5.75 Å². The molecule has 28 heavy (non-hydrogen) atoms. The zero-order valence-corrected chi connectivity index (χ0v) is 15.9. The number of nitrogens with zero attached hydrogens (tertiary/aromatic N) is 1. The summed E-state index contributed by atoms with van der Waals surface area (Å²) in [6, 6.07) is 23.8. The van der Waals surface area contributed by atoms with E-state index in [9.17, 15) is 8.42 Å². The third-order valence-corrected chi connectivity index (χ3v) is 5.34. The predicted octanol–water partition coefficient (Wildman–Crippen LogP) is 4.71. The first-order chi connectivity index (χ1) is 13.5. The van der Waals surface area contributed by atoms with Crippen molar-refractivity contribution in [2.75, 3.05) is 12.4 Å². The summed E-state index contributed by atoms with van der Waals surface area (Å²) < 4.78 is 36.2. The highest BCUT2D eigenvalue weighted by Crippen LogP contribution is 2.34. The van der Waals surface area contributed by atoms with Crippen LogP contribution in [0, 0.1) is 0 Å². The van der Waals surface area contributed by atoms with Gasteiger partial charge in [-0.2, -0.15) is 8.42 Å². The van der Waals surface area contributed by atoms with Gasteiger partial charge < -0.3 is 4.74 Å². The molecule has 4 rings (SSSR count). The molecule has 4 aromatic rings. The molecular formula is C22H19NO4S. The maximum atomic E-state index is 10.8. The minimum absolute atomic E-state index is 0.208. The molecule has 0 atom stereocenters. The van der Waals surface area contributed by atoms with Crippen LogP contribution in [0.2, 0.25) is 0 Å². The van der Waals surface area contributed by atoms with Gasteiger partial charge in [-0.1, -0.05) is 48.5 Å². The van der Waals surface area contributed by atoms with Crippen LogP contribution in [0.5, 0.6) is 5.75 Å². The molecule has 5 nitrogen and oxygen atoms in total. The van der Waals surface area contributed by atoms with Crippen molar-refractivity contribution in [1.82, 2.24) is 4.98 Å². The lowest BCUT2D eigenvalue weighted by Gasteiger charge is -2.12. The van der Waals surface area contributed by atoms with Gasteiger partial charge in [-0.3, -0.25) is 4.55 Å². The Kier molecular flexibility index (Phi) is 4.98. The lowest BCUT2D eigenvalue weighted by molar-refractivity contribution is 0.316. The Morgan fingerprint density at radius 2 is 1.61 bits per heavy atom. The predicted molar refractivity (Wildman–Crippen MR) is 111 cm³/mol. The third kappa shape index (κ3) is 3.98. The van der Waals surface area contributed by atoms with Crippen molar-refractivity contribution < 1.29 is 17.7 Å². The van der Waals surface area contributed by atoms with E-state index in [1.54, 1.807) is 0 Å². The molecule has 0 bridgehead atoms. The molecule has 3 aromatic carbocycles. The summed E-state index contributed by atoms with van der Waals surface area (Å²) in [5, 5.41) is 3.08. The van der Waals surface area contributed by atoms with Crippen LogP contribution in [0.1, 0.15) is 6.42 Å².